The minimum atomic E-state index is -5.33. The maximum absolute atomic E-state index is 14.1. The average Bonchev–Trinajstić information content (AvgIpc) is 3.19. The molecule has 1 saturated heterocycles. The van der Waals surface area contributed by atoms with Gasteiger partial charge in [0.05, 0.1) is 29.4 Å². The highest BCUT2D eigenvalue weighted by atomic mass is 32.2. The number of methoxy groups -OCH3 is 1. The van der Waals surface area contributed by atoms with Gasteiger partial charge in [0.25, 0.3) is 10.0 Å². The Balaban J connectivity index is 1.41. The third-order valence-corrected chi connectivity index (χ3v) is 12.9. The van der Waals surface area contributed by atoms with Crippen LogP contribution in [0.3, 0.4) is 0 Å². The molecule has 2 aliphatic heterocycles. The van der Waals surface area contributed by atoms with Gasteiger partial charge in [0, 0.05) is 73.6 Å². The smallest absolute Gasteiger partial charge is 0.410 e. The molecule has 0 spiro atoms. The Morgan fingerprint density at radius 1 is 0.864 bits per heavy atom. The number of amides is 1. The predicted molar refractivity (Wildman–Crippen MR) is 230 cm³/mol. The Labute approximate surface area is 346 Å². The van der Waals surface area contributed by atoms with Crippen molar-refractivity contribution < 1.29 is 40.1 Å². The summed E-state index contributed by atoms with van der Waals surface area (Å²) < 4.78 is 89.5. The first-order valence-corrected chi connectivity index (χ1v) is 22.7. The lowest BCUT2D eigenvalue weighted by atomic mass is 9.93. The molecule has 3 aromatic rings. The molecule has 3 aromatic carbocycles. The van der Waals surface area contributed by atoms with Gasteiger partial charge in [0.15, 0.2) is 0 Å². The van der Waals surface area contributed by atoms with Crippen molar-refractivity contribution in [1.82, 2.24) is 9.48 Å². The molecule has 0 aromatic heterocycles. The monoisotopic (exact) mass is 847 g/mol. The van der Waals surface area contributed by atoms with E-state index in [0.29, 0.717) is 71.0 Å². The van der Waals surface area contributed by atoms with E-state index in [9.17, 15) is 26.2 Å². The van der Waals surface area contributed by atoms with Gasteiger partial charge in [0.1, 0.15) is 50.8 Å². The highest BCUT2D eigenvalue weighted by molar-refractivity contribution is 7.93. The van der Waals surface area contributed by atoms with Crippen LogP contribution in [0.4, 0.5) is 21.9 Å². The number of benzene rings is 4. The predicted octanol–water partition coefficient (Wildman–Crippen LogP) is 6.63. The van der Waals surface area contributed by atoms with Crippen molar-refractivity contribution >= 4 is 54.3 Å². The zero-order chi connectivity index (χ0) is 42.9. The molecule has 1 fully saturated rings. The molecule has 16 heteroatoms. The molecule has 0 bridgehead atoms. The van der Waals surface area contributed by atoms with E-state index in [1.54, 1.807) is 37.8 Å². The van der Waals surface area contributed by atoms with Crippen LogP contribution >= 0.6 is 0 Å². The Bertz CT molecular complexity index is 2620. The zero-order valence-corrected chi connectivity index (χ0v) is 36.5. The lowest BCUT2D eigenvalue weighted by Crippen LogP contribution is -2.50. The van der Waals surface area contributed by atoms with E-state index in [4.69, 9.17) is 13.9 Å². The number of piperazine rings is 1. The van der Waals surface area contributed by atoms with Gasteiger partial charge in [-0.1, -0.05) is 6.07 Å². The Morgan fingerprint density at radius 2 is 1.56 bits per heavy atom. The van der Waals surface area contributed by atoms with E-state index >= 15 is 0 Å². The molecule has 0 unspecified atom stereocenters. The fraction of sp³-hybridized carbons (Fsp3) is 0.395. The first-order chi connectivity index (χ1) is 27.9. The largest absolute Gasteiger partial charge is 0.744 e. The second-order valence-electron chi connectivity index (χ2n) is 15.2. The van der Waals surface area contributed by atoms with Crippen molar-refractivity contribution in [1.29, 1.82) is 0 Å². The number of hydrogen-bond acceptors (Lipinski definition) is 11. The molecule has 0 radical (unpaired) electrons. The molecular weight excluding hydrogens is 795 g/mol. The van der Waals surface area contributed by atoms with Gasteiger partial charge < -0.3 is 33.1 Å². The highest BCUT2D eigenvalue weighted by Gasteiger charge is 2.29. The Hall–Kier alpha value is -5.32. The van der Waals surface area contributed by atoms with Crippen molar-refractivity contribution in [2.75, 3.05) is 74.0 Å². The number of hydrogen-bond donors (Lipinski definition) is 1. The molecule has 14 nitrogen and oxygen atoms in total. The number of fused-ring (bicyclic) bond motifs is 2. The zero-order valence-electron chi connectivity index (χ0n) is 34.9. The molecular formula is C43H53N5O9S2. The van der Waals surface area contributed by atoms with Crippen molar-refractivity contribution in [2.24, 2.45) is 0 Å². The first-order valence-electron chi connectivity index (χ1n) is 19.8. The maximum atomic E-state index is 14.1. The number of nitrogens with zero attached hydrogens (tertiary/aromatic N) is 4. The van der Waals surface area contributed by atoms with E-state index < -0.39 is 41.6 Å². The van der Waals surface area contributed by atoms with Crippen molar-refractivity contribution in [3.8, 4) is 28.2 Å². The molecule has 0 atom stereocenters. The summed E-state index contributed by atoms with van der Waals surface area (Å²) in [6.07, 6.45) is -0.418. The van der Waals surface area contributed by atoms with Gasteiger partial charge in [-0.2, -0.15) is 0 Å². The maximum Gasteiger partial charge on any atom is 0.410 e. The van der Waals surface area contributed by atoms with Crippen LogP contribution in [0.15, 0.2) is 87.0 Å². The van der Waals surface area contributed by atoms with E-state index in [1.807, 2.05) is 41.3 Å². The molecule has 0 saturated carbocycles. The lowest BCUT2D eigenvalue weighted by Gasteiger charge is -2.37. The Morgan fingerprint density at radius 3 is 2.17 bits per heavy atom. The van der Waals surface area contributed by atoms with Crippen LogP contribution in [0.2, 0.25) is 0 Å². The topological polar surface area (TPSA) is 165 Å². The Kier molecular flexibility index (Phi) is 12.5. The molecule has 316 valence electrons. The lowest BCUT2D eigenvalue weighted by molar-refractivity contribution is 0.0240. The van der Waals surface area contributed by atoms with Crippen LogP contribution in [0.5, 0.6) is 5.75 Å². The number of carbonyl (C=O) groups is 1. The minimum absolute atomic E-state index is 0.114. The minimum Gasteiger partial charge on any atom is -0.744 e. The van der Waals surface area contributed by atoms with Crippen LogP contribution in [0.25, 0.3) is 33.4 Å². The van der Waals surface area contributed by atoms with Crippen molar-refractivity contribution in [3.05, 3.63) is 78.2 Å². The third kappa shape index (κ3) is 9.29. The second-order valence-corrected chi connectivity index (χ2v) is 18.2. The summed E-state index contributed by atoms with van der Waals surface area (Å²) in [6, 6.07) is 20.0. The SMILES string of the molecule is CCN(CC)c1ccc2c(-c3ccc(S(=O)(=O)Nc4ccc(OC)c(N5CCN(C(=O)OC(C)(C)C)CC5)c4)c(S(=O)(=O)[O-])c3)c3ccc(=[N+](CC)CC)cc-3oc2c1. The van der Waals surface area contributed by atoms with Crippen molar-refractivity contribution in [3.63, 3.8) is 0 Å². The van der Waals surface area contributed by atoms with E-state index in [2.05, 4.69) is 41.9 Å². The summed E-state index contributed by atoms with van der Waals surface area (Å²) in [7, 11) is -8.48. The van der Waals surface area contributed by atoms with Gasteiger partial charge in [-0.3, -0.25) is 4.72 Å². The highest BCUT2D eigenvalue weighted by Crippen LogP contribution is 2.42. The summed E-state index contributed by atoms with van der Waals surface area (Å²) in [5.41, 5.74) is 3.09. The van der Waals surface area contributed by atoms with E-state index in [1.165, 1.54) is 19.2 Å². The number of nitrogens with one attached hydrogen (secondary N) is 1. The number of ether oxygens (including phenoxy) is 2. The average molecular weight is 848 g/mol. The van der Waals surface area contributed by atoms with Gasteiger partial charge in [-0.15, -0.1) is 0 Å². The van der Waals surface area contributed by atoms with Crippen LogP contribution in [0, 0.1) is 0 Å². The fourth-order valence-electron chi connectivity index (χ4n) is 7.50. The first kappa shape index (κ1) is 43.3. The number of sulfonamides is 1. The summed E-state index contributed by atoms with van der Waals surface area (Å²) in [4.78, 5) is 16.8. The summed E-state index contributed by atoms with van der Waals surface area (Å²) in [5.74, 6) is 1.01. The quantitative estimate of drug-likeness (QED) is 0.0814. The van der Waals surface area contributed by atoms with Crippen LogP contribution in [-0.2, 0) is 24.9 Å². The van der Waals surface area contributed by atoms with Gasteiger partial charge in [-0.25, -0.2) is 26.2 Å². The molecule has 2 heterocycles. The molecule has 1 N–H and O–H groups in total. The van der Waals surface area contributed by atoms with E-state index in [-0.39, 0.29) is 5.69 Å². The third-order valence-electron chi connectivity index (χ3n) is 10.4. The summed E-state index contributed by atoms with van der Waals surface area (Å²) in [5, 5.41) is 1.60. The molecule has 59 heavy (non-hydrogen) atoms. The van der Waals surface area contributed by atoms with Crippen molar-refractivity contribution in [2.45, 2.75) is 63.9 Å². The number of rotatable bonds is 12. The molecule has 3 aliphatic rings. The van der Waals surface area contributed by atoms with Gasteiger partial charge in [0.2, 0.25) is 5.36 Å². The second kappa shape index (κ2) is 17.1. The van der Waals surface area contributed by atoms with Gasteiger partial charge in [-0.05, 0) is 103 Å². The number of anilines is 3. The van der Waals surface area contributed by atoms with Crippen LogP contribution in [-0.4, -0.2) is 97.5 Å². The molecule has 1 aliphatic carbocycles. The van der Waals surface area contributed by atoms with E-state index in [0.717, 1.165) is 49.4 Å². The fourth-order valence-corrected chi connectivity index (χ4v) is 9.84. The normalized spacial score (nSPS) is 13.8. The number of carbonyl (C=O) groups excluding carboxylic acids is 1. The summed E-state index contributed by atoms with van der Waals surface area (Å²) in [6.45, 7) is 18.3. The molecule has 1 amide bonds. The van der Waals surface area contributed by atoms with Gasteiger partial charge >= 0.3 is 6.09 Å². The van der Waals surface area contributed by atoms with Crippen LogP contribution < -0.4 is 29.2 Å². The molecule has 6 rings (SSSR count). The van der Waals surface area contributed by atoms with Crippen LogP contribution in [0.1, 0.15) is 48.5 Å². The standard InChI is InChI=1S/C43H53N5O9S2/c1-9-45(10-2)31-15-17-33-37(27-31)56-38-28-32(46(11-3)12-4)16-18-34(38)41(33)29-13-20-39(40(25-29)59(52,53)54)58(50,51)44-30-14-19-36(55-8)35(26-30)47-21-23-48(24-22-47)42(49)57-43(5,6)7/h13-20,25-28,44H,9-12,21-24H2,1-8H3. The summed E-state index contributed by atoms with van der Waals surface area (Å²) >= 11 is 0.